The quantitative estimate of drug-likeness (QED) is 0.816. The molecular formula is C15H32N2O2. The van der Waals surface area contributed by atoms with E-state index < -0.39 is 0 Å². The highest BCUT2D eigenvalue weighted by Gasteiger charge is 2.41. The monoisotopic (exact) mass is 272 g/mol. The Morgan fingerprint density at radius 3 is 2.42 bits per heavy atom. The molecule has 19 heavy (non-hydrogen) atoms. The Morgan fingerprint density at radius 1 is 1.42 bits per heavy atom. The van der Waals surface area contributed by atoms with E-state index in [0.717, 1.165) is 19.5 Å². The van der Waals surface area contributed by atoms with Gasteiger partial charge in [-0.25, -0.2) is 0 Å². The Bertz CT molecular complexity index is 286. The summed E-state index contributed by atoms with van der Waals surface area (Å²) < 4.78 is 5.90. The van der Waals surface area contributed by atoms with Crippen molar-refractivity contribution in [1.29, 1.82) is 0 Å². The molecule has 4 heteroatoms. The molecule has 0 amide bonds. The third-order valence-corrected chi connectivity index (χ3v) is 3.87. The number of morpholine rings is 1. The van der Waals surface area contributed by atoms with Crippen molar-refractivity contribution in [2.45, 2.75) is 71.8 Å². The van der Waals surface area contributed by atoms with Gasteiger partial charge in [0.1, 0.15) is 0 Å². The molecule has 114 valence electrons. The minimum absolute atomic E-state index is 0.0676. The fourth-order valence-corrected chi connectivity index (χ4v) is 3.33. The van der Waals surface area contributed by atoms with Crippen molar-refractivity contribution in [2.24, 2.45) is 11.1 Å². The van der Waals surface area contributed by atoms with Crippen LogP contribution in [0.4, 0.5) is 0 Å². The van der Waals surface area contributed by atoms with Crippen molar-refractivity contribution in [3.05, 3.63) is 0 Å². The average Bonchev–Trinajstić information content (AvgIpc) is 2.24. The number of nitrogens with zero attached hydrogens (tertiary/aromatic N) is 1. The predicted octanol–water partition coefficient (Wildman–Crippen LogP) is 1.61. The van der Waals surface area contributed by atoms with E-state index >= 15 is 0 Å². The van der Waals surface area contributed by atoms with Crippen LogP contribution >= 0.6 is 0 Å². The van der Waals surface area contributed by atoms with E-state index in [-0.39, 0.29) is 29.8 Å². The number of nitrogens with two attached hydrogens (primary N) is 1. The van der Waals surface area contributed by atoms with E-state index in [2.05, 4.69) is 46.4 Å². The first-order chi connectivity index (χ1) is 8.60. The van der Waals surface area contributed by atoms with Crippen molar-refractivity contribution < 1.29 is 9.84 Å². The number of ether oxygens (including phenoxy) is 1. The first-order valence-corrected chi connectivity index (χ1v) is 7.39. The van der Waals surface area contributed by atoms with Crippen LogP contribution in [0.3, 0.4) is 0 Å². The summed E-state index contributed by atoms with van der Waals surface area (Å²) >= 11 is 0. The summed E-state index contributed by atoms with van der Waals surface area (Å²) in [5.74, 6) is 0. The van der Waals surface area contributed by atoms with E-state index in [1.807, 2.05) is 0 Å². The number of aliphatic hydroxyl groups is 1. The second-order valence-electron chi connectivity index (χ2n) is 7.49. The SMILES string of the molecule is CCC(N)C(N1CC(CO)OC(C)(C)C1)C(C)(C)C. The van der Waals surface area contributed by atoms with E-state index in [9.17, 15) is 5.11 Å². The molecule has 1 aliphatic rings. The van der Waals surface area contributed by atoms with Gasteiger partial charge >= 0.3 is 0 Å². The van der Waals surface area contributed by atoms with Crippen LogP contribution in [0.25, 0.3) is 0 Å². The molecule has 0 bridgehead atoms. The Labute approximate surface area is 118 Å². The number of rotatable bonds is 4. The molecular weight excluding hydrogens is 240 g/mol. The zero-order valence-electron chi connectivity index (χ0n) is 13.4. The molecule has 3 unspecified atom stereocenters. The van der Waals surface area contributed by atoms with Crippen molar-refractivity contribution in [3.63, 3.8) is 0 Å². The Balaban J connectivity index is 2.95. The molecule has 0 aromatic rings. The van der Waals surface area contributed by atoms with Gasteiger partial charge in [-0.05, 0) is 25.7 Å². The molecule has 3 atom stereocenters. The lowest BCUT2D eigenvalue weighted by molar-refractivity contribution is -0.166. The van der Waals surface area contributed by atoms with Gasteiger partial charge in [0.05, 0.1) is 18.3 Å². The van der Waals surface area contributed by atoms with Crippen LogP contribution in [0.5, 0.6) is 0 Å². The second-order valence-corrected chi connectivity index (χ2v) is 7.49. The maximum absolute atomic E-state index is 9.44. The molecule has 1 fully saturated rings. The van der Waals surface area contributed by atoms with Gasteiger partial charge in [0.25, 0.3) is 0 Å². The van der Waals surface area contributed by atoms with Crippen LogP contribution in [0, 0.1) is 5.41 Å². The first-order valence-electron chi connectivity index (χ1n) is 7.39. The molecule has 1 heterocycles. The minimum atomic E-state index is -0.234. The standard InChI is InChI=1S/C15H32N2O2/c1-7-12(16)13(14(2,3)4)17-8-11(9-18)19-15(5,6)10-17/h11-13,18H,7-10,16H2,1-6H3. The lowest BCUT2D eigenvalue weighted by atomic mass is 9.79. The van der Waals surface area contributed by atoms with Crippen molar-refractivity contribution >= 4 is 0 Å². The Hall–Kier alpha value is -0.160. The Kier molecular flexibility index (Phi) is 5.41. The largest absolute Gasteiger partial charge is 0.394 e. The lowest BCUT2D eigenvalue weighted by Crippen LogP contribution is -2.63. The van der Waals surface area contributed by atoms with Gasteiger partial charge < -0.3 is 15.6 Å². The van der Waals surface area contributed by atoms with E-state index in [4.69, 9.17) is 10.5 Å². The zero-order valence-corrected chi connectivity index (χ0v) is 13.4. The van der Waals surface area contributed by atoms with Crippen molar-refractivity contribution in [3.8, 4) is 0 Å². The van der Waals surface area contributed by atoms with Gasteiger partial charge in [-0.15, -0.1) is 0 Å². The second kappa shape index (κ2) is 6.08. The first kappa shape index (κ1) is 16.9. The van der Waals surface area contributed by atoms with Crippen LogP contribution in [-0.2, 0) is 4.74 Å². The smallest absolute Gasteiger partial charge is 0.0940 e. The molecule has 0 saturated carbocycles. The fourth-order valence-electron chi connectivity index (χ4n) is 3.33. The summed E-state index contributed by atoms with van der Waals surface area (Å²) in [5.41, 5.74) is 6.25. The lowest BCUT2D eigenvalue weighted by Gasteiger charge is -2.50. The molecule has 4 nitrogen and oxygen atoms in total. The summed E-state index contributed by atoms with van der Waals surface area (Å²) in [4.78, 5) is 2.42. The van der Waals surface area contributed by atoms with Gasteiger partial charge in [0.2, 0.25) is 0 Å². The molecule has 0 radical (unpaired) electrons. The molecule has 0 spiro atoms. The van der Waals surface area contributed by atoms with Gasteiger partial charge in [-0.3, -0.25) is 4.90 Å². The predicted molar refractivity (Wildman–Crippen MR) is 79.1 cm³/mol. The van der Waals surface area contributed by atoms with Gasteiger partial charge in [0.15, 0.2) is 0 Å². The Morgan fingerprint density at radius 2 is 2.00 bits per heavy atom. The van der Waals surface area contributed by atoms with Crippen LogP contribution in [0.15, 0.2) is 0 Å². The number of aliphatic hydroxyl groups excluding tert-OH is 1. The summed E-state index contributed by atoms with van der Waals surface area (Å²) in [6.45, 7) is 14.7. The highest BCUT2D eigenvalue weighted by atomic mass is 16.5. The van der Waals surface area contributed by atoms with Crippen LogP contribution in [-0.4, -0.2) is 53.5 Å². The highest BCUT2D eigenvalue weighted by Crippen LogP contribution is 2.32. The van der Waals surface area contributed by atoms with Crippen LogP contribution < -0.4 is 5.73 Å². The van der Waals surface area contributed by atoms with E-state index in [0.29, 0.717) is 6.04 Å². The average molecular weight is 272 g/mol. The summed E-state index contributed by atoms with van der Waals surface area (Å²) in [7, 11) is 0. The van der Waals surface area contributed by atoms with Gasteiger partial charge in [-0.1, -0.05) is 27.7 Å². The van der Waals surface area contributed by atoms with E-state index in [1.54, 1.807) is 0 Å². The highest BCUT2D eigenvalue weighted by molar-refractivity contribution is 4.96. The number of hydrogen-bond acceptors (Lipinski definition) is 4. The zero-order chi connectivity index (χ0) is 14.8. The number of hydrogen-bond donors (Lipinski definition) is 2. The van der Waals surface area contributed by atoms with Crippen LogP contribution in [0.2, 0.25) is 0 Å². The summed E-state index contributed by atoms with van der Waals surface area (Å²) in [6, 6.07) is 0.447. The molecule has 0 aliphatic carbocycles. The molecule has 1 saturated heterocycles. The molecule has 3 N–H and O–H groups in total. The molecule has 0 aromatic carbocycles. The molecule has 1 rings (SSSR count). The van der Waals surface area contributed by atoms with Crippen molar-refractivity contribution in [1.82, 2.24) is 4.90 Å². The van der Waals surface area contributed by atoms with Gasteiger partial charge in [-0.2, -0.15) is 0 Å². The molecule has 1 aliphatic heterocycles. The fraction of sp³-hybridized carbons (Fsp3) is 1.00. The maximum Gasteiger partial charge on any atom is 0.0940 e. The maximum atomic E-state index is 9.44. The van der Waals surface area contributed by atoms with E-state index in [1.165, 1.54) is 0 Å². The third-order valence-electron chi connectivity index (χ3n) is 3.87. The molecule has 0 aromatic heterocycles. The third kappa shape index (κ3) is 4.42. The van der Waals surface area contributed by atoms with Crippen LogP contribution in [0.1, 0.15) is 48.0 Å². The minimum Gasteiger partial charge on any atom is -0.394 e. The van der Waals surface area contributed by atoms with Crippen molar-refractivity contribution in [2.75, 3.05) is 19.7 Å². The van der Waals surface area contributed by atoms with Gasteiger partial charge in [0, 0.05) is 25.2 Å². The topological polar surface area (TPSA) is 58.7 Å². The normalized spacial score (nSPS) is 28.1. The summed E-state index contributed by atoms with van der Waals surface area (Å²) in [5, 5.41) is 9.44. The summed E-state index contributed by atoms with van der Waals surface area (Å²) in [6.07, 6.45) is 0.849.